The summed E-state index contributed by atoms with van der Waals surface area (Å²) in [5.74, 6) is -0.160. The predicted molar refractivity (Wildman–Crippen MR) is 70.5 cm³/mol. The number of halogens is 2. The summed E-state index contributed by atoms with van der Waals surface area (Å²) in [5, 5.41) is 3.84. The Balaban J connectivity index is 0.00000144. The standard InChI is InChI=1S/C12H12FNOS.ClH/c1-15-10-4-2-3-9(11(10)13)12(14)8-5-6-16-7-8;/h2-7,12H,14H2,1H3;1H/t12-;/m1./s1. The summed E-state index contributed by atoms with van der Waals surface area (Å²) < 4.78 is 18.8. The number of rotatable bonds is 3. The quantitative estimate of drug-likeness (QED) is 0.931. The van der Waals surface area contributed by atoms with Crippen molar-refractivity contribution in [2.24, 2.45) is 5.73 Å². The number of benzene rings is 1. The van der Waals surface area contributed by atoms with Crippen molar-refractivity contribution in [2.45, 2.75) is 6.04 Å². The minimum absolute atomic E-state index is 0. The lowest BCUT2D eigenvalue weighted by molar-refractivity contribution is 0.383. The van der Waals surface area contributed by atoms with Crippen molar-refractivity contribution >= 4 is 23.7 Å². The van der Waals surface area contributed by atoms with E-state index in [-0.39, 0.29) is 24.0 Å². The third-order valence-corrected chi connectivity index (χ3v) is 3.15. The first-order valence-electron chi connectivity index (χ1n) is 4.84. The Morgan fingerprint density at radius 2 is 2.12 bits per heavy atom. The average molecular weight is 274 g/mol. The van der Waals surface area contributed by atoms with E-state index >= 15 is 0 Å². The SMILES string of the molecule is COc1cccc([C@H](N)c2ccsc2)c1F.Cl. The largest absolute Gasteiger partial charge is 0.494 e. The molecule has 2 N–H and O–H groups in total. The van der Waals surface area contributed by atoms with Crippen molar-refractivity contribution in [1.82, 2.24) is 0 Å². The Hall–Kier alpha value is -1.10. The molecule has 1 heterocycles. The second-order valence-corrected chi connectivity index (χ2v) is 4.18. The lowest BCUT2D eigenvalue weighted by Gasteiger charge is -2.13. The van der Waals surface area contributed by atoms with Crippen molar-refractivity contribution in [3.63, 3.8) is 0 Å². The Kier molecular flexibility index (Phi) is 4.93. The van der Waals surface area contributed by atoms with Gasteiger partial charge in [-0.3, -0.25) is 0 Å². The van der Waals surface area contributed by atoms with E-state index in [1.54, 1.807) is 29.5 Å². The van der Waals surface area contributed by atoms with Gasteiger partial charge in [0.25, 0.3) is 0 Å². The summed E-state index contributed by atoms with van der Waals surface area (Å²) in [7, 11) is 1.44. The van der Waals surface area contributed by atoms with Crippen molar-refractivity contribution < 1.29 is 9.13 Å². The van der Waals surface area contributed by atoms with E-state index < -0.39 is 6.04 Å². The highest BCUT2D eigenvalue weighted by molar-refractivity contribution is 7.08. The molecule has 0 aliphatic rings. The molecule has 2 aromatic rings. The van der Waals surface area contributed by atoms with Gasteiger partial charge in [-0.2, -0.15) is 11.3 Å². The zero-order valence-corrected chi connectivity index (χ0v) is 10.9. The van der Waals surface area contributed by atoms with Crippen LogP contribution < -0.4 is 10.5 Å². The molecule has 1 aromatic heterocycles. The maximum Gasteiger partial charge on any atom is 0.170 e. The second kappa shape index (κ2) is 6.00. The van der Waals surface area contributed by atoms with Crippen molar-refractivity contribution in [1.29, 1.82) is 0 Å². The lowest BCUT2D eigenvalue weighted by atomic mass is 10.0. The molecule has 0 saturated heterocycles. The van der Waals surface area contributed by atoms with Gasteiger partial charge in [0.2, 0.25) is 0 Å². The van der Waals surface area contributed by atoms with Gasteiger partial charge < -0.3 is 10.5 Å². The molecule has 1 aromatic carbocycles. The average Bonchev–Trinajstić information content (AvgIpc) is 2.82. The van der Waals surface area contributed by atoms with Crippen LogP contribution in [-0.4, -0.2) is 7.11 Å². The fourth-order valence-electron chi connectivity index (χ4n) is 1.56. The van der Waals surface area contributed by atoms with Gasteiger partial charge in [0.1, 0.15) is 0 Å². The highest BCUT2D eigenvalue weighted by Gasteiger charge is 2.16. The Labute approximate surface area is 110 Å². The number of methoxy groups -OCH3 is 1. The van der Waals surface area contributed by atoms with Crippen LogP contribution in [0.4, 0.5) is 4.39 Å². The van der Waals surface area contributed by atoms with Crippen LogP contribution in [0.2, 0.25) is 0 Å². The van der Waals surface area contributed by atoms with Crippen LogP contribution in [-0.2, 0) is 0 Å². The molecule has 0 spiro atoms. The lowest BCUT2D eigenvalue weighted by Crippen LogP contribution is -2.13. The third-order valence-electron chi connectivity index (χ3n) is 2.45. The highest BCUT2D eigenvalue weighted by atomic mass is 35.5. The van der Waals surface area contributed by atoms with Crippen LogP contribution >= 0.6 is 23.7 Å². The summed E-state index contributed by atoms with van der Waals surface area (Å²) in [6, 6.07) is 6.46. The van der Waals surface area contributed by atoms with Gasteiger partial charge in [-0.05, 0) is 28.5 Å². The molecule has 92 valence electrons. The molecule has 17 heavy (non-hydrogen) atoms. The first-order valence-corrected chi connectivity index (χ1v) is 5.78. The van der Waals surface area contributed by atoms with E-state index in [4.69, 9.17) is 10.5 Å². The topological polar surface area (TPSA) is 35.2 Å². The molecule has 2 rings (SSSR count). The second-order valence-electron chi connectivity index (χ2n) is 3.40. The Bertz CT molecular complexity index is 475. The molecule has 0 fully saturated rings. The fraction of sp³-hybridized carbons (Fsp3) is 0.167. The number of thiophene rings is 1. The van der Waals surface area contributed by atoms with E-state index in [1.807, 2.05) is 16.8 Å². The molecule has 0 aliphatic carbocycles. The normalized spacial score (nSPS) is 11.7. The van der Waals surface area contributed by atoms with Gasteiger partial charge in [-0.15, -0.1) is 12.4 Å². The van der Waals surface area contributed by atoms with Crippen LogP contribution in [0.15, 0.2) is 35.0 Å². The zero-order chi connectivity index (χ0) is 11.5. The van der Waals surface area contributed by atoms with Gasteiger partial charge in [0.05, 0.1) is 13.2 Å². The maximum absolute atomic E-state index is 13.9. The summed E-state index contributed by atoms with van der Waals surface area (Å²) in [6.45, 7) is 0. The summed E-state index contributed by atoms with van der Waals surface area (Å²) in [4.78, 5) is 0. The first-order chi connectivity index (χ1) is 7.74. The zero-order valence-electron chi connectivity index (χ0n) is 9.22. The fourth-order valence-corrected chi connectivity index (χ4v) is 2.25. The first kappa shape index (κ1) is 14.0. The van der Waals surface area contributed by atoms with Crippen LogP contribution in [0.25, 0.3) is 0 Å². The van der Waals surface area contributed by atoms with Gasteiger partial charge >= 0.3 is 0 Å². The van der Waals surface area contributed by atoms with E-state index in [0.29, 0.717) is 5.56 Å². The van der Waals surface area contributed by atoms with Crippen LogP contribution in [0, 0.1) is 5.82 Å². The molecule has 2 nitrogen and oxygen atoms in total. The number of hydrogen-bond donors (Lipinski definition) is 1. The van der Waals surface area contributed by atoms with Crippen molar-refractivity contribution in [2.75, 3.05) is 7.11 Å². The highest BCUT2D eigenvalue weighted by Crippen LogP contribution is 2.28. The number of nitrogens with two attached hydrogens (primary N) is 1. The van der Waals surface area contributed by atoms with E-state index in [9.17, 15) is 4.39 Å². The van der Waals surface area contributed by atoms with Crippen molar-refractivity contribution in [3.8, 4) is 5.75 Å². The van der Waals surface area contributed by atoms with E-state index in [1.165, 1.54) is 7.11 Å². The van der Waals surface area contributed by atoms with Gasteiger partial charge in [-0.25, -0.2) is 4.39 Å². The molecular weight excluding hydrogens is 261 g/mol. The Morgan fingerprint density at radius 3 is 2.71 bits per heavy atom. The van der Waals surface area contributed by atoms with Crippen molar-refractivity contribution in [3.05, 3.63) is 52.0 Å². The molecule has 0 bridgehead atoms. The summed E-state index contributed by atoms with van der Waals surface area (Å²) in [5.41, 5.74) is 7.37. The van der Waals surface area contributed by atoms with E-state index in [2.05, 4.69) is 0 Å². The molecule has 1 atom stereocenters. The molecule has 0 aliphatic heterocycles. The van der Waals surface area contributed by atoms with Crippen LogP contribution in [0.5, 0.6) is 5.75 Å². The minimum atomic E-state index is -0.443. The molecule has 0 amide bonds. The van der Waals surface area contributed by atoms with Gasteiger partial charge in [-0.1, -0.05) is 12.1 Å². The van der Waals surface area contributed by atoms with Crippen LogP contribution in [0.1, 0.15) is 17.2 Å². The molecule has 5 heteroatoms. The molecular formula is C12H13ClFNOS. The monoisotopic (exact) mass is 273 g/mol. The Morgan fingerprint density at radius 1 is 1.35 bits per heavy atom. The summed E-state index contributed by atoms with van der Waals surface area (Å²) in [6.07, 6.45) is 0. The molecule has 0 saturated carbocycles. The van der Waals surface area contributed by atoms with Gasteiger partial charge in [0, 0.05) is 5.56 Å². The minimum Gasteiger partial charge on any atom is -0.494 e. The molecule has 0 radical (unpaired) electrons. The van der Waals surface area contributed by atoms with Crippen LogP contribution in [0.3, 0.4) is 0 Å². The smallest absolute Gasteiger partial charge is 0.170 e. The summed E-state index contributed by atoms with van der Waals surface area (Å²) >= 11 is 1.54. The van der Waals surface area contributed by atoms with Gasteiger partial charge in [0.15, 0.2) is 11.6 Å². The number of ether oxygens (including phenoxy) is 1. The maximum atomic E-state index is 13.9. The number of hydrogen-bond acceptors (Lipinski definition) is 3. The van der Waals surface area contributed by atoms with E-state index in [0.717, 1.165) is 5.56 Å². The predicted octanol–water partition coefficient (Wildman–Crippen LogP) is 3.37. The third kappa shape index (κ3) is 2.77. The molecule has 0 unspecified atom stereocenters.